The van der Waals surface area contributed by atoms with E-state index < -0.39 is 5.63 Å². The topological polar surface area (TPSA) is 54.0 Å². The second-order valence-corrected chi connectivity index (χ2v) is 5.72. The van der Waals surface area contributed by atoms with Crippen LogP contribution in [0.4, 0.5) is 0 Å². The first-order valence-corrected chi connectivity index (χ1v) is 7.89. The molecule has 0 saturated heterocycles. The van der Waals surface area contributed by atoms with Gasteiger partial charge in [0.05, 0.1) is 17.2 Å². The van der Waals surface area contributed by atoms with Gasteiger partial charge in [-0.1, -0.05) is 60.7 Å². The summed E-state index contributed by atoms with van der Waals surface area (Å²) >= 11 is 0. The van der Waals surface area contributed by atoms with Gasteiger partial charge < -0.3 is 4.42 Å². The molecule has 0 fully saturated rings. The lowest BCUT2D eigenvalue weighted by Crippen LogP contribution is -2.03. The molecule has 3 aromatic carbocycles. The standard InChI is InChI=1S/C22H13NO2/c23-14-18(20-10-5-8-15-6-1-3-9-19(15)20)13-17-12-16-7-2-4-11-21(16)25-22(17)24/h1-13H/b18-13-. The van der Waals surface area contributed by atoms with Crippen LogP contribution >= 0.6 is 0 Å². The predicted octanol–water partition coefficient (Wildman–Crippen LogP) is 5.01. The maximum absolute atomic E-state index is 12.3. The molecule has 0 saturated carbocycles. The molecule has 0 N–H and O–H groups in total. The molecular weight excluding hydrogens is 310 g/mol. The molecule has 3 heteroatoms. The first-order chi connectivity index (χ1) is 12.3. The molecule has 0 spiro atoms. The summed E-state index contributed by atoms with van der Waals surface area (Å²) in [4.78, 5) is 12.3. The van der Waals surface area contributed by atoms with Crippen molar-refractivity contribution in [2.75, 3.05) is 0 Å². The molecule has 25 heavy (non-hydrogen) atoms. The highest BCUT2D eigenvalue weighted by Gasteiger charge is 2.09. The molecule has 4 aromatic rings. The van der Waals surface area contributed by atoms with Crippen molar-refractivity contribution in [1.82, 2.24) is 0 Å². The molecule has 1 heterocycles. The van der Waals surface area contributed by atoms with Crippen LogP contribution < -0.4 is 5.63 Å². The zero-order chi connectivity index (χ0) is 17.2. The van der Waals surface area contributed by atoms with Crippen LogP contribution in [0.5, 0.6) is 0 Å². The second kappa shape index (κ2) is 6.10. The van der Waals surface area contributed by atoms with Gasteiger partial charge >= 0.3 is 5.63 Å². The summed E-state index contributed by atoms with van der Waals surface area (Å²) in [5.41, 5.74) is 1.68. The third-order valence-electron chi connectivity index (χ3n) is 4.17. The van der Waals surface area contributed by atoms with Crippen LogP contribution in [0.1, 0.15) is 11.1 Å². The van der Waals surface area contributed by atoms with Crippen molar-refractivity contribution in [3.63, 3.8) is 0 Å². The highest BCUT2D eigenvalue weighted by Crippen LogP contribution is 2.26. The smallest absolute Gasteiger partial charge is 0.343 e. The van der Waals surface area contributed by atoms with Crippen molar-refractivity contribution in [3.8, 4) is 6.07 Å². The van der Waals surface area contributed by atoms with Gasteiger partial charge in [-0.2, -0.15) is 5.26 Å². The molecule has 4 rings (SSSR count). The Balaban J connectivity index is 1.93. The van der Waals surface area contributed by atoms with E-state index in [1.54, 1.807) is 18.2 Å². The van der Waals surface area contributed by atoms with Gasteiger partial charge in [0.25, 0.3) is 0 Å². The fraction of sp³-hybridized carbons (Fsp3) is 0. The molecular formula is C22H13NO2. The lowest BCUT2D eigenvalue weighted by Gasteiger charge is -2.05. The summed E-state index contributed by atoms with van der Waals surface area (Å²) in [6, 6.07) is 24.9. The number of nitriles is 1. The normalized spacial score (nSPS) is 11.6. The van der Waals surface area contributed by atoms with Gasteiger partial charge in [-0.15, -0.1) is 0 Å². The summed E-state index contributed by atoms with van der Waals surface area (Å²) in [6.45, 7) is 0. The Morgan fingerprint density at radius 2 is 1.64 bits per heavy atom. The second-order valence-electron chi connectivity index (χ2n) is 5.72. The number of fused-ring (bicyclic) bond motifs is 2. The molecule has 0 aliphatic rings. The Bertz CT molecular complexity index is 1220. The van der Waals surface area contributed by atoms with Crippen LogP contribution in [-0.4, -0.2) is 0 Å². The third-order valence-corrected chi connectivity index (χ3v) is 4.17. The fourth-order valence-corrected chi connectivity index (χ4v) is 2.96. The number of benzene rings is 3. The monoisotopic (exact) mass is 323 g/mol. The van der Waals surface area contributed by atoms with Crippen LogP contribution in [-0.2, 0) is 0 Å². The van der Waals surface area contributed by atoms with E-state index in [9.17, 15) is 10.1 Å². The van der Waals surface area contributed by atoms with Crippen molar-refractivity contribution in [3.05, 3.63) is 94.3 Å². The molecule has 3 nitrogen and oxygen atoms in total. The molecule has 0 atom stereocenters. The Labute approximate surface area is 144 Å². The summed E-state index contributed by atoms with van der Waals surface area (Å²) in [5.74, 6) is 0. The molecule has 0 unspecified atom stereocenters. The van der Waals surface area contributed by atoms with Gasteiger partial charge in [-0.25, -0.2) is 4.79 Å². The minimum atomic E-state index is -0.452. The number of hydrogen-bond donors (Lipinski definition) is 0. The fourth-order valence-electron chi connectivity index (χ4n) is 2.96. The minimum absolute atomic E-state index is 0.364. The average molecular weight is 323 g/mol. The zero-order valence-electron chi connectivity index (χ0n) is 13.3. The summed E-state index contributed by atoms with van der Waals surface area (Å²) in [7, 11) is 0. The Morgan fingerprint density at radius 3 is 2.48 bits per heavy atom. The number of nitrogens with zero attached hydrogens (tertiary/aromatic N) is 1. The van der Waals surface area contributed by atoms with E-state index in [0.717, 1.165) is 21.7 Å². The number of hydrogen-bond acceptors (Lipinski definition) is 3. The minimum Gasteiger partial charge on any atom is -0.422 e. The largest absolute Gasteiger partial charge is 0.422 e. The summed E-state index contributed by atoms with van der Waals surface area (Å²) < 4.78 is 5.35. The van der Waals surface area contributed by atoms with Crippen molar-refractivity contribution in [1.29, 1.82) is 5.26 Å². The van der Waals surface area contributed by atoms with Crippen molar-refractivity contribution >= 4 is 33.4 Å². The quantitative estimate of drug-likeness (QED) is 0.385. The van der Waals surface area contributed by atoms with Crippen LogP contribution in [0, 0.1) is 11.3 Å². The number of rotatable bonds is 2. The van der Waals surface area contributed by atoms with Crippen LogP contribution in [0.15, 0.2) is 82.0 Å². The molecule has 0 aliphatic heterocycles. The molecule has 0 amide bonds. The van der Waals surface area contributed by atoms with Gasteiger partial charge in [0.2, 0.25) is 0 Å². The lowest BCUT2D eigenvalue weighted by molar-refractivity contribution is 0.559. The van der Waals surface area contributed by atoms with Crippen molar-refractivity contribution < 1.29 is 4.42 Å². The highest BCUT2D eigenvalue weighted by molar-refractivity contribution is 6.01. The maximum Gasteiger partial charge on any atom is 0.343 e. The Kier molecular flexibility index (Phi) is 3.64. The third kappa shape index (κ3) is 2.71. The zero-order valence-corrected chi connectivity index (χ0v) is 13.3. The van der Waals surface area contributed by atoms with Gasteiger partial charge in [0.1, 0.15) is 5.58 Å². The average Bonchev–Trinajstić information content (AvgIpc) is 2.66. The van der Waals surface area contributed by atoms with E-state index in [1.807, 2.05) is 60.7 Å². The number of para-hydroxylation sites is 1. The van der Waals surface area contributed by atoms with Crippen molar-refractivity contribution in [2.45, 2.75) is 0 Å². The van der Waals surface area contributed by atoms with Gasteiger partial charge in [0, 0.05) is 10.9 Å². The Hall–Kier alpha value is -3.64. The van der Waals surface area contributed by atoms with E-state index >= 15 is 0 Å². The van der Waals surface area contributed by atoms with Crippen LogP contribution in [0.2, 0.25) is 0 Å². The van der Waals surface area contributed by atoms with Crippen LogP contribution in [0.25, 0.3) is 33.4 Å². The summed E-state index contributed by atoms with van der Waals surface area (Å²) in [6.07, 6.45) is 1.60. The lowest BCUT2D eigenvalue weighted by atomic mass is 9.97. The SMILES string of the molecule is N#C/C(=C/c1cc2ccccc2oc1=O)c1cccc2ccccc12. The molecule has 0 radical (unpaired) electrons. The molecule has 0 bridgehead atoms. The first kappa shape index (κ1) is 14.9. The highest BCUT2D eigenvalue weighted by atomic mass is 16.4. The predicted molar refractivity (Wildman–Crippen MR) is 99.9 cm³/mol. The van der Waals surface area contributed by atoms with Crippen LogP contribution in [0.3, 0.4) is 0 Å². The van der Waals surface area contributed by atoms with Crippen molar-refractivity contribution in [2.24, 2.45) is 0 Å². The van der Waals surface area contributed by atoms with E-state index in [0.29, 0.717) is 16.7 Å². The van der Waals surface area contributed by atoms with E-state index in [2.05, 4.69) is 6.07 Å². The van der Waals surface area contributed by atoms with Gasteiger partial charge in [0.15, 0.2) is 0 Å². The molecule has 118 valence electrons. The molecule has 1 aromatic heterocycles. The maximum atomic E-state index is 12.3. The van der Waals surface area contributed by atoms with Gasteiger partial charge in [-0.3, -0.25) is 0 Å². The Morgan fingerprint density at radius 1 is 0.920 bits per heavy atom. The summed E-state index contributed by atoms with van der Waals surface area (Å²) in [5, 5.41) is 12.5. The number of allylic oxidation sites excluding steroid dienone is 1. The van der Waals surface area contributed by atoms with E-state index in [-0.39, 0.29) is 0 Å². The molecule has 0 aliphatic carbocycles. The van der Waals surface area contributed by atoms with E-state index in [1.165, 1.54) is 0 Å². The van der Waals surface area contributed by atoms with E-state index in [4.69, 9.17) is 4.42 Å². The van der Waals surface area contributed by atoms with Gasteiger partial charge in [-0.05, 0) is 29.0 Å². The first-order valence-electron chi connectivity index (χ1n) is 7.89.